The highest BCUT2D eigenvalue weighted by Gasteiger charge is 2.15. The summed E-state index contributed by atoms with van der Waals surface area (Å²) in [4.78, 5) is 22.2. The van der Waals surface area contributed by atoms with Crippen LogP contribution in [0.3, 0.4) is 0 Å². The Morgan fingerprint density at radius 2 is 1.90 bits per heavy atom. The molecular formula is C15H15N3O3. The third kappa shape index (κ3) is 3.56. The molecule has 0 spiro atoms. The fourth-order valence-electron chi connectivity index (χ4n) is 1.83. The van der Waals surface area contributed by atoms with Crippen molar-refractivity contribution in [3.63, 3.8) is 0 Å². The summed E-state index contributed by atoms with van der Waals surface area (Å²) in [5.74, 6) is -0.376. The van der Waals surface area contributed by atoms with Gasteiger partial charge in [-0.15, -0.1) is 0 Å². The average Bonchev–Trinajstić information content (AvgIpc) is 2.46. The van der Waals surface area contributed by atoms with Gasteiger partial charge in [0.25, 0.3) is 11.6 Å². The molecule has 3 N–H and O–H groups in total. The highest BCUT2D eigenvalue weighted by molar-refractivity contribution is 5.95. The van der Waals surface area contributed by atoms with Gasteiger partial charge >= 0.3 is 0 Å². The topological polar surface area (TPSA) is 98.3 Å². The van der Waals surface area contributed by atoms with E-state index in [-0.39, 0.29) is 22.8 Å². The van der Waals surface area contributed by atoms with Crippen LogP contribution in [0.4, 0.5) is 11.4 Å². The highest BCUT2D eigenvalue weighted by Crippen LogP contribution is 2.22. The zero-order chi connectivity index (χ0) is 15.4. The zero-order valence-electron chi connectivity index (χ0n) is 11.5. The molecule has 0 radical (unpaired) electrons. The van der Waals surface area contributed by atoms with Gasteiger partial charge in [-0.05, 0) is 24.6 Å². The zero-order valence-corrected chi connectivity index (χ0v) is 11.5. The number of anilines is 1. The molecule has 2 aromatic rings. The number of rotatable bonds is 4. The third-order valence-corrected chi connectivity index (χ3v) is 3.06. The van der Waals surface area contributed by atoms with Gasteiger partial charge in [-0.2, -0.15) is 0 Å². The summed E-state index contributed by atoms with van der Waals surface area (Å²) in [5.41, 5.74) is 7.57. The number of nitro benzene ring substituents is 1. The van der Waals surface area contributed by atoms with Gasteiger partial charge in [0.05, 0.1) is 4.92 Å². The van der Waals surface area contributed by atoms with E-state index in [0.717, 1.165) is 11.1 Å². The number of benzene rings is 2. The Bertz CT molecular complexity index is 681. The molecule has 6 nitrogen and oxygen atoms in total. The van der Waals surface area contributed by atoms with Crippen molar-refractivity contribution in [3.05, 3.63) is 69.3 Å². The predicted molar refractivity (Wildman–Crippen MR) is 79.9 cm³/mol. The van der Waals surface area contributed by atoms with Gasteiger partial charge in [-0.1, -0.05) is 29.8 Å². The van der Waals surface area contributed by atoms with Crippen molar-refractivity contribution in [1.29, 1.82) is 0 Å². The number of carbonyl (C=O) groups is 1. The molecule has 0 fully saturated rings. The lowest BCUT2D eigenvalue weighted by atomic mass is 10.1. The maximum absolute atomic E-state index is 12.0. The van der Waals surface area contributed by atoms with E-state index in [4.69, 9.17) is 5.73 Å². The van der Waals surface area contributed by atoms with Crippen LogP contribution in [-0.2, 0) is 6.54 Å². The van der Waals surface area contributed by atoms with Crippen molar-refractivity contribution in [3.8, 4) is 0 Å². The minimum absolute atomic E-state index is 0.0371. The molecular weight excluding hydrogens is 270 g/mol. The summed E-state index contributed by atoms with van der Waals surface area (Å²) in [6, 6.07) is 11.7. The van der Waals surface area contributed by atoms with Crippen LogP contribution < -0.4 is 11.1 Å². The van der Waals surface area contributed by atoms with Crippen molar-refractivity contribution < 1.29 is 9.72 Å². The Hall–Kier alpha value is -2.89. The molecule has 0 aliphatic heterocycles. The van der Waals surface area contributed by atoms with Crippen molar-refractivity contribution in [2.24, 2.45) is 0 Å². The molecule has 108 valence electrons. The van der Waals surface area contributed by atoms with Crippen LogP contribution in [0.15, 0.2) is 42.5 Å². The fraction of sp³-hybridized carbons (Fsp3) is 0.133. The van der Waals surface area contributed by atoms with Gasteiger partial charge in [0, 0.05) is 18.2 Å². The first-order valence-electron chi connectivity index (χ1n) is 6.35. The number of aryl methyl sites for hydroxylation is 1. The summed E-state index contributed by atoms with van der Waals surface area (Å²) in [5, 5.41) is 13.5. The standard InChI is InChI=1S/C15H15N3O3/c1-10-2-4-11(5-3-10)9-17-15(19)12-6-7-13(16)14(8-12)18(20)21/h2-8H,9,16H2,1H3,(H,17,19). The minimum atomic E-state index is -0.605. The van der Waals surface area contributed by atoms with Crippen LogP contribution in [0.2, 0.25) is 0 Å². The van der Waals surface area contributed by atoms with E-state index < -0.39 is 4.92 Å². The molecule has 0 aromatic heterocycles. The fourth-order valence-corrected chi connectivity index (χ4v) is 1.83. The minimum Gasteiger partial charge on any atom is -0.393 e. The third-order valence-electron chi connectivity index (χ3n) is 3.06. The van der Waals surface area contributed by atoms with Crippen LogP contribution in [0.25, 0.3) is 0 Å². The highest BCUT2D eigenvalue weighted by atomic mass is 16.6. The largest absolute Gasteiger partial charge is 0.393 e. The molecule has 6 heteroatoms. The number of nitrogens with two attached hydrogens (primary N) is 1. The Kier molecular flexibility index (Phi) is 4.18. The van der Waals surface area contributed by atoms with Crippen LogP contribution in [0.5, 0.6) is 0 Å². The SMILES string of the molecule is Cc1ccc(CNC(=O)c2ccc(N)c([N+](=O)[O-])c2)cc1. The van der Waals surface area contributed by atoms with Crippen molar-refractivity contribution in [1.82, 2.24) is 5.32 Å². The quantitative estimate of drug-likeness (QED) is 0.512. The first kappa shape index (κ1) is 14.5. The van der Waals surface area contributed by atoms with Crippen molar-refractivity contribution >= 4 is 17.3 Å². The molecule has 1 amide bonds. The van der Waals surface area contributed by atoms with Gasteiger partial charge in [0.2, 0.25) is 0 Å². The van der Waals surface area contributed by atoms with E-state index in [1.165, 1.54) is 18.2 Å². The van der Waals surface area contributed by atoms with Gasteiger partial charge < -0.3 is 11.1 Å². The van der Waals surface area contributed by atoms with Crippen molar-refractivity contribution in [2.75, 3.05) is 5.73 Å². The maximum Gasteiger partial charge on any atom is 0.292 e. The number of nitrogen functional groups attached to an aromatic ring is 1. The van der Waals surface area contributed by atoms with Gasteiger partial charge in [-0.25, -0.2) is 0 Å². The Morgan fingerprint density at radius 1 is 1.24 bits per heavy atom. The van der Waals surface area contributed by atoms with E-state index in [1.54, 1.807) is 0 Å². The maximum atomic E-state index is 12.0. The second kappa shape index (κ2) is 6.04. The van der Waals surface area contributed by atoms with Gasteiger partial charge in [-0.3, -0.25) is 14.9 Å². The normalized spacial score (nSPS) is 10.1. The summed E-state index contributed by atoms with van der Waals surface area (Å²) >= 11 is 0. The Balaban J connectivity index is 2.08. The molecule has 2 rings (SSSR count). The smallest absolute Gasteiger partial charge is 0.292 e. The van der Waals surface area contributed by atoms with Crippen LogP contribution in [-0.4, -0.2) is 10.8 Å². The van der Waals surface area contributed by atoms with Crippen LogP contribution >= 0.6 is 0 Å². The van der Waals surface area contributed by atoms with Gasteiger partial charge in [0.15, 0.2) is 0 Å². The number of carbonyl (C=O) groups excluding carboxylic acids is 1. The second-order valence-corrected chi connectivity index (χ2v) is 4.70. The Labute approximate surface area is 121 Å². The van der Waals surface area contributed by atoms with E-state index in [9.17, 15) is 14.9 Å². The molecule has 21 heavy (non-hydrogen) atoms. The molecule has 0 bridgehead atoms. The lowest BCUT2D eigenvalue weighted by Gasteiger charge is -2.06. The number of amides is 1. The first-order chi connectivity index (χ1) is 9.97. The van der Waals surface area contributed by atoms with Crippen LogP contribution in [0, 0.1) is 17.0 Å². The molecule has 2 aromatic carbocycles. The van der Waals surface area contributed by atoms with Gasteiger partial charge in [0.1, 0.15) is 5.69 Å². The monoisotopic (exact) mass is 285 g/mol. The summed E-state index contributed by atoms with van der Waals surface area (Å²) in [7, 11) is 0. The second-order valence-electron chi connectivity index (χ2n) is 4.70. The predicted octanol–water partition coefficient (Wildman–Crippen LogP) is 2.42. The molecule has 0 aliphatic carbocycles. The average molecular weight is 285 g/mol. The summed E-state index contributed by atoms with van der Waals surface area (Å²) < 4.78 is 0. The molecule has 0 atom stereocenters. The number of nitro groups is 1. The van der Waals surface area contributed by atoms with E-state index in [1.807, 2.05) is 31.2 Å². The first-order valence-corrected chi connectivity index (χ1v) is 6.35. The molecule has 0 unspecified atom stereocenters. The number of hydrogen-bond donors (Lipinski definition) is 2. The molecule has 0 heterocycles. The van der Waals surface area contributed by atoms with E-state index >= 15 is 0 Å². The summed E-state index contributed by atoms with van der Waals surface area (Å²) in [6.45, 7) is 2.34. The number of nitrogens with zero attached hydrogens (tertiary/aromatic N) is 1. The molecule has 0 saturated heterocycles. The number of nitrogens with one attached hydrogen (secondary N) is 1. The Morgan fingerprint density at radius 3 is 2.52 bits per heavy atom. The molecule has 0 saturated carbocycles. The van der Waals surface area contributed by atoms with Crippen molar-refractivity contribution in [2.45, 2.75) is 13.5 Å². The lowest BCUT2D eigenvalue weighted by Crippen LogP contribution is -2.22. The lowest BCUT2D eigenvalue weighted by molar-refractivity contribution is -0.383. The number of hydrogen-bond acceptors (Lipinski definition) is 4. The van der Waals surface area contributed by atoms with E-state index in [0.29, 0.717) is 6.54 Å². The van der Waals surface area contributed by atoms with E-state index in [2.05, 4.69) is 5.32 Å². The summed E-state index contributed by atoms with van der Waals surface area (Å²) in [6.07, 6.45) is 0. The van der Waals surface area contributed by atoms with Crippen LogP contribution in [0.1, 0.15) is 21.5 Å². The molecule has 0 aliphatic rings.